The maximum absolute atomic E-state index is 12.1. The Kier molecular flexibility index (Phi) is 5.19. The van der Waals surface area contributed by atoms with E-state index in [0.29, 0.717) is 22.8 Å². The van der Waals surface area contributed by atoms with Gasteiger partial charge in [-0.15, -0.1) is 11.3 Å². The first kappa shape index (κ1) is 15.9. The molecule has 1 aromatic heterocycles. The highest BCUT2D eigenvalue weighted by Crippen LogP contribution is 2.31. The van der Waals surface area contributed by atoms with E-state index in [4.69, 9.17) is 5.11 Å². The molecule has 1 fully saturated rings. The van der Waals surface area contributed by atoms with Crippen LogP contribution in [0.1, 0.15) is 28.9 Å². The average molecular weight is 383 g/mol. The Labute approximate surface area is 129 Å². The molecule has 0 amide bonds. The van der Waals surface area contributed by atoms with E-state index in [1.807, 2.05) is 0 Å². The molecule has 9 heteroatoms. The monoisotopic (exact) mass is 382 g/mol. The first-order valence-corrected chi connectivity index (χ1v) is 9.25. The first-order valence-electron chi connectivity index (χ1n) is 6.16. The Bertz CT molecular complexity index is 596. The highest BCUT2D eigenvalue weighted by molar-refractivity contribution is 9.11. The lowest BCUT2D eigenvalue weighted by Crippen LogP contribution is -2.28. The molecule has 0 aliphatic heterocycles. The molecule has 0 atom stereocenters. The second-order valence-corrected chi connectivity index (χ2v) is 8.64. The van der Waals surface area contributed by atoms with Crippen LogP contribution in [0.5, 0.6) is 0 Å². The number of thiophene rings is 1. The minimum absolute atomic E-state index is 0.00681. The van der Waals surface area contributed by atoms with Crippen molar-refractivity contribution in [1.82, 2.24) is 10.0 Å². The molecular weight excluding hydrogens is 368 g/mol. The van der Waals surface area contributed by atoms with Crippen molar-refractivity contribution in [3.8, 4) is 0 Å². The Morgan fingerprint density at radius 1 is 1.45 bits per heavy atom. The van der Waals surface area contributed by atoms with Gasteiger partial charge in [0.05, 0.1) is 3.79 Å². The van der Waals surface area contributed by atoms with Crippen molar-refractivity contribution in [3.63, 3.8) is 0 Å². The van der Waals surface area contributed by atoms with Crippen molar-refractivity contribution in [2.75, 3.05) is 13.1 Å². The van der Waals surface area contributed by atoms with Gasteiger partial charge in [0.25, 0.3) is 0 Å². The zero-order valence-electron chi connectivity index (χ0n) is 10.6. The first-order chi connectivity index (χ1) is 9.40. The average Bonchev–Trinajstić information content (AvgIpc) is 3.09. The van der Waals surface area contributed by atoms with Crippen LogP contribution in [0.25, 0.3) is 0 Å². The summed E-state index contributed by atoms with van der Waals surface area (Å²) in [6, 6.07) is 1.78. The molecule has 1 aromatic rings. The Hall–Kier alpha value is -0.480. The molecule has 1 aliphatic rings. The van der Waals surface area contributed by atoms with Gasteiger partial charge in [-0.05, 0) is 47.8 Å². The van der Waals surface area contributed by atoms with Crippen LogP contribution < -0.4 is 10.0 Å². The van der Waals surface area contributed by atoms with E-state index in [1.165, 1.54) is 18.9 Å². The van der Waals surface area contributed by atoms with Gasteiger partial charge >= 0.3 is 5.97 Å². The minimum Gasteiger partial charge on any atom is -0.477 e. The Balaban J connectivity index is 1.89. The number of rotatable bonds is 8. The van der Waals surface area contributed by atoms with E-state index < -0.39 is 16.0 Å². The van der Waals surface area contributed by atoms with Gasteiger partial charge in [-0.3, -0.25) is 0 Å². The summed E-state index contributed by atoms with van der Waals surface area (Å²) in [6.45, 7) is 1.10. The van der Waals surface area contributed by atoms with Gasteiger partial charge in [0.1, 0.15) is 9.77 Å². The second-order valence-electron chi connectivity index (χ2n) is 4.53. The van der Waals surface area contributed by atoms with Crippen molar-refractivity contribution < 1.29 is 18.3 Å². The van der Waals surface area contributed by atoms with Crippen LogP contribution in [0, 0.1) is 0 Å². The molecule has 112 valence electrons. The van der Waals surface area contributed by atoms with Crippen molar-refractivity contribution in [2.24, 2.45) is 0 Å². The number of nitrogens with one attached hydrogen (secondary N) is 2. The predicted octanol–water partition coefficient (Wildman–Crippen LogP) is 1.63. The zero-order chi connectivity index (χ0) is 14.8. The molecule has 0 saturated heterocycles. The van der Waals surface area contributed by atoms with Crippen molar-refractivity contribution in [2.45, 2.75) is 30.2 Å². The highest BCUT2D eigenvalue weighted by Gasteiger charge is 2.23. The zero-order valence-corrected chi connectivity index (χ0v) is 13.8. The summed E-state index contributed by atoms with van der Waals surface area (Å²) in [5, 5.41) is 12.2. The van der Waals surface area contributed by atoms with Crippen LogP contribution in [-0.2, 0) is 10.0 Å². The number of halogens is 1. The number of hydrogen-bond acceptors (Lipinski definition) is 5. The molecule has 1 heterocycles. The van der Waals surface area contributed by atoms with Gasteiger partial charge in [0, 0.05) is 12.6 Å². The third-order valence-electron chi connectivity index (χ3n) is 2.81. The minimum atomic E-state index is -3.67. The van der Waals surface area contributed by atoms with Crippen LogP contribution >= 0.6 is 27.3 Å². The van der Waals surface area contributed by atoms with E-state index >= 15 is 0 Å². The molecule has 0 spiro atoms. The molecule has 20 heavy (non-hydrogen) atoms. The molecule has 1 saturated carbocycles. The van der Waals surface area contributed by atoms with Crippen LogP contribution in [0.3, 0.4) is 0 Å². The van der Waals surface area contributed by atoms with Crippen LogP contribution in [0.15, 0.2) is 14.7 Å². The smallest absolute Gasteiger partial charge is 0.345 e. The largest absolute Gasteiger partial charge is 0.477 e. The number of aromatic carboxylic acids is 1. The van der Waals surface area contributed by atoms with Crippen molar-refractivity contribution in [1.29, 1.82) is 0 Å². The van der Waals surface area contributed by atoms with E-state index in [0.717, 1.165) is 17.9 Å². The molecule has 0 radical (unpaired) electrons. The summed E-state index contributed by atoms with van der Waals surface area (Å²) in [6.07, 6.45) is 3.10. The molecule has 6 nitrogen and oxygen atoms in total. The maximum atomic E-state index is 12.1. The number of hydrogen-bond donors (Lipinski definition) is 3. The molecule has 0 unspecified atom stereocenters. The summed E-state index contributed by atoms with van der Waals surface area (Å²) in [4.78, 5) is 10.8. The van der Waals surface area contributed by atoms with Gasteiger partial charge in [0.15, 0.2) is 0 Å². The lowest BCUT2D eigenvalue weighted by atomic mass is 10.4. The van der Waals surface area contributed by atoms with Gasteiger partial charge in [-0.25, -0.2) is 17.9 Å². The standard InChI is InChI=1S/C11H15BrN2O4S2/c12-10-9(6-8(19-10)11(15)16)20(17,18)14-5-1-4-13-7-2-3-7/h6-7,13-14H,1-5H2,(H,15,16). The molecular formula is C11H15BrN2O4S2. The van der Waals surface area contributed by atoms with Gasteiger partial charge in [0.2, 0.25) is 10.0 Å². The lowest BCUT2D eigenvalue weighted by molar-refractivity contribution is 0.0702. The number of carbonyl (C=O) groups is 1. The lowest BCUT2D eigenvalue weighted by Gasteiger charge is -2.06. The molecule has 0 bridgehead atoms. The Morgan fingerprint density at radius 3 is 2.70 bits per heavy atom. The maximum Gasteiger partial charge on any atom is 0.345 e. The summed E-state index contributed by atoms with van der Waals surface area (Å²) in [7, 11) is -3.67. The molecule has 1 aliphatic carbocycles. The SMILES string of the molecule is O=C(O)c1cc(S(=O)(=O)NCCCNC2CC2)c(Br)s1. The van der Waals surface area contributed by atoms with Crippen molar-refractivity contribution in [3.05, 3.63) is 14.7 Å². The van der Waals surface area contributed by atoms with Crippen LogP contribution in [-0.4, -0.2) is 38.6 Å². The fraction of sp³-hybridized carbons (Fsp3) is 0.545. The summed E-state index contributed by atoms with van der Waals surface area (Å²) in [5.74, 6) is -1.13. The van der Waals surface area contributed by atoms with Crippen LogP contribution in [0.2, 0.25) is 0 Å². The summed E-state index contributed by atoms with van der Waals surface area (Å²) >= 11 is 3.99. The number of carboxylic acids is 1. The van der Waals surface area contributed by atoms with Crippen molar-refractivity contribution >= 4 is 43.3 Å². The van der Waals surface area contributed by atoms with E-state index in [1.54, 1.807) is 0 Å². The van der Waals surface area contributed by atoms with Gasteiger partial charge < -0.3 is 10.4 Å². The molecule has 0 aromatic carbocycles. The van der Waals surface area contributed by atoms with E-state index in [2.05, 4.69) is 26.0 Å². The van der Waals surface area contributed by atoms with E-state index in [9.17, 15) is 13.2 Å². The quantitative estimate of drug-likeness (QED) is 0.593. The second kappa shape index (κ2) is 6.52. The van der Waals surface area contributed by atoms with E-state index in [-0.39, 0.29) is 9.77 Å². The fourth-order valence-electron chi connectivity index (χ4n) is 1.61. The van der Waals surface area contributed by atoms with Crippen LogP contribution in [0.4, 0.5) is 0 Å². The highest BCUT2D eigenvalue weighted by atomic mass is 79.9. The predicted molar refractivity (Wildman–Crippen MR) is 79.8 cm³/mol. The summed E-state index contributed by atoms with van der Waals surface area (Å²) < 4.78 is 26.9. The third-order valence-corrected chi connectivity index (χ3v) is 6.51. The molecule has 2 rings (SSSR count). The van der Waals surface area contributed by atoms with Gasteiger partial charge in [-0.1, -0.05) is 0 Å². The number of sulfonamides is 1. The fourth-order valence-corrected chi connectivity index (χ4v) is 5.08. The topological polar surface area (TPSA) is 95.5 Å². The number of carboxylic acid groups (broad SMARTS) is 1. The van der Waals surface area contributed by atoms with Gasteiger partial charge in [-0.2, -0.15) is 0 Å². The third kappa shape index (κ3) is 4.26. The normalized spacial score (nSPS) is 15.4. The Morgan fingerprint density at radius 2 is 2.15 bits per heavy atom. The molecule has 3 N–H and O–H groups in total. The summed E-state index contributed by atoms with van der Waals surface area (Å²) in [5.41, 5.74) is 0.